The van der Waals surface area contributed by atoms with Crippen molar-refractivity contribution < 1.29 is 9.59 Å². The van der Waals surface area contributed by atoms with Crippen LogP contribution < -0.4 is 0 Å². The quantitative estimate of drug-likeness (QED) is 0.777. The summed E-state index contributed by atoms with van der Waals surface area (Å²) in [6.45, 7) is 6.11. The second kappa shape index (κ2) is 5.68. The molecular formula is C16H19N3O2. The first kappa shape index (κ1) is 13.8. The number of carbonyl (C=O) groups is 2. The highest BCUT2D eigenvalue weighted by atomic mass is 16.2. The highest BCUT2D eigenvalue weighted by Crippen LogP contribution is 2.29. The average Bonchev–Trinajstić information content (AvgIpc) is 2.80. The van der Waals surface area contributed by atoms with Gasteiger partial charge in [0, 0.05) is 50.4 Å². The monoisotopic (exact) mass is 285 g/mol. The van der Waals surface area contributed by atoms with E-state index in [2.05, 4.69) is 11.6 Å². The molecule has 3 rings (SSSR count). The third kappa shape index (κ3) is 2.68. The van der Waals surface area contributed by atoms with Gasteiger partial charge in [0.15, 0.2) is 0 Å². The smallest absolute Gasteiger partial charge is 0.228 e. The Bertz CT molecular complexity index is 552. The van der Waals surface area contributed by atoms with E-state index in [-0.39, 0.29) is 17.7 Å². The summed E-state index contributed by atoms with van der Waals surface area (Å²) in [7, 11) is 0. The van der Waals surface area contributed by atoms with Crippen LogP contribution in [0.25, 0.3) is 0 Å². The zero-order valence-electron chi connectivity index (χ0n) is 11.9. The van der Waals surface area contributed by atoms with E-state index in [1.54, 1.807) is 17.2 Å². The fourth-order valence-corrected chi connectivity index (χ4v) is 2.99. The molecule has 2 aliphatic rings. The van der Waals surface area contributed by atoms with Crippen molar-refractivity contribution in [2.75, 3.05) is 26.2 Å². The first-order valence-electron chi connectivity index (χ1n) is 7.27. The van der Waals surface area contributed by atoms with Crippen molar-refractivity contribution in [3.05, 3.63) is 42.7 Å². The van der Waals surface area contributed by atoms with Crippen molar-refractivity contribution in [1.82, 2.24) is 14.8 Å². The molecule has 0 N–H and O–H groups in total. The van der Waals surface area contributed by atoms with Crippen molar-refractivity contribution >= 4 is 11.8 Å². The van der Waals surface area contributed by atoms with Gasteiger partial charge in [-0.05, 0) is 12.1 Å². The van der Waals surface area contributed by atoms with Crippen molar-refractivity contribution in [2.45, 2.75) is 12.3 Å². The summed E-state index contributed by atoms with van der Waals surface area (Å²) in [5, 5.41) is 0. The van der Waals surface area contributed by atoms with E-state index in [1.165, 1.54) is 0 Å². The van der Waals surface area contributed by atoms with Gasteiger partial charge in [-0.15, -0.1) is 6.58 Å². The molecule has 1 aromatic heterocycles. The van der Waals surface area contributed by atoms with Gasteiger partial charge in [0.05, 0.1) is 5.92 Å². The fraction of sp³-hybridized carbons (Fsp3) is 0.438. The molecule has 0 saturated carbocycles. The maximum Gasteiger partial charge on any atom is 0.228 e. The number of hydrogen-bond donors (Lipinski definition) is 0. The molecule has 2 fully saturated rings. The number of hydrogen-bond acceptors (Lipinski definition) is 3. The van der Waals surface area contributed by atoms with Gasteiger partial charge in [0.25, 0.3) is 0 Å². The van der Waals surface area contributed by atoms with Gasteiger partial charge in [0.2, 0.25) is 11.8 Å². The molecule has 1 aromatic rings. The normalized spacial score (nSPS) is 22.3. The van der Waals surface area contributed by atoms with Crippen LogP contribution >= 0.6 is 0 Å². The van der Waals surface area contributed by atoms with Gasteiger partial charge in [0.1, 0.15) is 0 Å². The molecule has 0 spiro atoms. The van der Waals surface area contributed by atoms with Crippen LogP contribution in [-0.2, 0) is 9.59 Å². The lowest BCUT2D eigenvalue weighted by Crippen LogP contribution is -2.51. The van der Waals surface area contributed by atoms with Crippen LogP contribution in [0.15, 0.2) is 37.1 Å². The van der Waals surface area contributed by atoms with Crippen molar-refractivity contribution in [2.24, 2.45) is 5.92 Å². The van der Waals surface area contributed by atoms with Crippen LogP contribution in [0.4, 0.5) is 0 Å². The number of rotatable bonds is 4. The second-order valence-corrected chi connectivity index (χ2v) is 5.68. The molecule has 110 valence electrons. The molecule has 5 heteroatoms. The Morgan fingerprint density at radius 2 is 2.19 bits per heavy atom. The summed E-state index contributed by atoms with van der Waals surface area (Å²) in [6, 6.07) is 5.86. The summed E-state index contributed by atoms with van der Waals surface area (Å²) < 4.78 is 0. The molecule has 5 nitrogen and oxygen atoms in total. The van der Waals surface area contributed by atoms with Gasteiger partial charge in [-0.1, -0.05) is 12.1 Å². The predicted molar refractivity (Wildman–Crippen MR) is 78.4 cm³/mol. The topological polar surface area (TPSA) is 53.5 Å². The molecule has 21 heavy (non-hydrogen) atoms. The SMILES string of the molecule is C=CCN1C[C@H](C(=O)N2CC(c3ccccn3)C2)CC1=O. The lowest BCUT2D eigenvalue weighted by molar-refractivity contribution is -0.140. The maximum absolute atomic E-state index is 12.4. The van der Waals surface area contributed by atoms with Crippen LogP contribution in [0.5, 0.6) is 0 Å². The third-order valence-electron chi connectivity index (χ3n) is 4.21. The molecule has 0 bridgehead atoms. The van der Waals surface area contributed by atoms with E-state index in [0.29, 0.717) is 38.5 Å². The second-order valence-electron chi connectivity index (χ2n) is 5.68. The summed E-state index contributed by atoms with van der Waals surface area (Å²) in [6.07, 6.45) is 3.81. The molecule has 2 aliphatic heterocycles. The summed E-state index contributed by atoms with van der Waals surface area (Å²) in [5.41, 5.74) is 1.04. The highest BCUT2D eigenvalue weighted by Gasteiger charge is 2.40. The Morgan fingerprint density at radius 1 is 1.38 bits per heavy atom. The molecular weight excluding hydrogens is 266 g/mol. The van der Waals surface area contributed by atoms with E-state index in [9.17, 15) is 9.59 Å². The van der Waals surface area contributed by atoms with Crippen LogP contribution in [0.1, 0.15) is 18.0 Å². The molecule has 0 aromatic carbocycles. The number of carbonyl (C=O) groups excluding carboxylic acids is 2. The van der Waals surface area contributed by atoms with E-state index in [1.807, 2.05) is 23.1 Å². The number of aromatic nitrogens is 1. The van der Waals surface area contributed by atoms with Crippen molar-refractivity contribution in [3.63, 3.8) is 0 Å². The van der Waals surface area contributed by atoms with E-state index < -0.39 is 0 Å². The van der Waals surface area contributed by atoms with Gasteiger partial charge < -0.3 is 9.80 Å². The van der Waals surface area contributed by atoms with E-state index >= 15 is 0 Å². The molecule has 0 aliphatic carbocycles. The summed E-state index contributed by atoms with van der Waals surface area (Å²) >= 11 is 0. The van der Waals surface area contributed by atoms with Gasteiger partial charge in [-0.25, -0.2) is 0 Å². The Kier molecular flexibility index (Phi) is 3.73. The Labute approximate surface area is 124 Å². The number of nitrogens with zero attached hydrogens (tertiary/aromatic N) is 3. The first-order valence-corrected chi connectivity index (χ1v) is 7.27. The lowest BCUT2D eigenvalue weighted by atomic mass is 9.93. The molecule has 1 atom stereocenters. The van der Waals surface area contributed by atoms with Crippen molar-refractivity contribution in [3.8, 4) is 0 Å². The molecule has 0 unspecified atom stereocenters. The van der Waals surface area contributed by atoms with E-state index in [0.717, 1.165) is 5.69 Å². The standard InChI is InChI=1S/C16H19N3O2/c1-2-7-18-9-12(8-15(18)20)16(21)19-10-13(11-19)14-5-3-4-6-17-14/h2-6,12-13H,1,7-11H2/t12-/m1/s1. The maximum atomic E-state index is 12.4. The number of likely N-dealkylation sites (tertiary alicyclic amines) is 2. The Balaban J connectivity index is 1.54. The third-order valence-corrected chi connectivity index (χ3v) is 4.21. The van der Waals surface area contributed by atoms with Crippen LogP contribution in [0, 0.1) is 5.92 Å². The number of pyridine rings is 1. The van der Waals surface area contributed by atoms with Crippen LogP contribution in [0.2, 0.25) is 0 Å². The summed E-state index contributed by atoms with van der Waals surface area (Å²) in [4.78, 5) is 32.1. The Morgan fingerprint density at radius 3 is 2.86 bits per heavy atom. The minimum Gasteiger partial charge on any atom is -0.341 e. The molecule has 2 amide bonds. The molecule has 0 radical (unpaired) electrons. The minimum absolute atomic E-state index is 0.0510. The van der Waals surface area contributed by atoms with Gasteiger partial charge in [-0.3, -0.25) is 14.6 Å². The zero-order chi connectivity index (χ0) is 14.8. The highest BCUT2D eigenvalue weighted by molar-refractivity contribution is 5.89. The van der Waals surface area contributed by atoms with Gasteiger partial charge >= 0.3 is 0 Å². The average molecular weight is 285 g/mol. The fourth-order valence-electron chi connectivity index (χ4n) is 2.99. The number of amides is 2. The zero-order valence-corrected chi connectivity index (χ0v) is 11.9. The van der Waals surface area contributed by atoms with Crippen molar-refractivity contribution in [1.29, 1.82) is 0 Å². The van der Waals surface area contributed by atoms with Crippen LogP contribution in [0.3, 0.4) is 0 Å². The molecule has 2 saturated heterocycles. The Hall–Kier alpha value is -2.17. The first-order chi connectivity index (χ1) is 10.2. The van der Waals surface area contributed by atoms with Crippen LogP contribution in [-0.4, -0.2) is 52.8 Å². The largest absolute Gasteiger partial charge is 0.341 e. The molecule has 3 heterocycles. The minimum atomic E-state index is -0.192. The summed E-state index contributed by atoms with van der Waals surface area (Å²) in [5.74, 6) is 0.288. The van der Waals surface area contributed by atoms with E-state index in [4.69, 9.17) is 0 Å². The predicted octanol–water partition coefficient (Wildman–Crippen LogP) is 1.04. The van der Waals surface area contributed by atoms with Gasteiger partial charge in [-0.2, -0.15) is 0 Å². The lowest BCUT2D eigenvalue weighted by Gasteiger charge is -2.40.